The zero-order valence-electron chi connectivity index (χ0n) is 12.4. The zero-order chi connectivity index (χ0) is 14.1. The van der Waals surface area contributed by atoms with Crippen LogP contribution >= 0.6 is 0 Å². The molecule has 0 saturated heterocycles. The van der Waals surface area contributed by atoms with Crippen molar-refractivity contribution in [2.24, 2.45) is 5.41 Å². The van der Waals surface area contributed by atoms with Gasteiger partial charge in [-0.2, -0.15) is 0 Å². The molecule has 0 saturated carbocycles. The predicted octanol–water partition coefficient (Wildman–Crippen LogP) is 2.98. The molecule has 0 amide bonds. The average molecular weight is 265 g/mol. The Balaban J connectivity index is 2.56. The Morgan fingerprint density at radius 3 is 2.53 bits per heavy atom. The number of phenolic OH excluding ortho intramolecular Hbond substituents is 1. The maximum Gasteiger partial charge on any atom is 0.115 e. The fourth-order valence-electron chi connectivity index (χ4n) is 2.51. The molecule has 1 unspecified atom stereocenters. The van der Waals surface area contributed by atoms with Crippen LogP contribution in [0.1, 0.15) is 32.3 Å². The van der Waals surface area contributed by atoms with Crippen LogP contribution in [0, 0.1) is 5.41 Å². The molecule has 19 heavy (non-hydrogen) atoms. The fourth-order valence-corrected chi connectivity index (χ4v) is 2.51. The van der Waals surface area contributed by atoms with Gasteiger partial charge in [0.2, 0.25) is 0 Å². The number of nitrogens with one attached hydrogen (secondary N) is 1. The molecule has 0 aliphatic carbocycles. The third kappa shape index (κ3) is 6.08. The number of phenols is 1. The molecule has 0 heterocycles. The van der Waals surface area contributed by atoms with Crippen molar-refractivity contribution in [2.75, 3.05) is 26.8 Å². The smallest absolute Gasteiger partial charge is 0.115 e. The number of methoxy groups -OCH3 is 1. The first-order valence-corrected chi connectivity index (χ1v) is 7.07. The lowest BCUT2D eigenvalue weighted by Crippen LogP contribution is -2.35. The second kappa shape index (κ2) is 8.18. The standard InChI is InChI=1S/C16H27NO2/c1-4-9-16(2,13-17-10-11-19-3)12-14-5-7-15(18)8-6-14/h5-8,17-18H,4,9-13H2,1-3H3. The van der Waals surface area contributed by atoms with Gasteiger partial charge >= 0.3 is 0 Å². The lowest BCUT2D eigenvalue weighted by molar-refractivity contribution is 0.190. The molecule has 0 radical (unpaired) electrons. The fraction of sp³-hybridized carbons (Fsp3) is 0.625. The molecule has 0 bridgehead atoms. The highest BCUT2D eigenvalue weighted by atomic mass is 16.5. The average Bonchev–Trinajstić information content (AvgIpc) is 2.38. The van der Waals surface area contributed by atoms with Crippen LogP contribution in [0.2, 0.25) is 0 Å². The van der Waals surface area contributed by atoms with E-state index in [2.05, 4.69) is 19.2 Å². The largest absolute Gasteiger partial charge is 0.508 e. The van der Waals surface area contributed by atoms with Crippen molar-refractivity contribution in [3.8, 4) is 5.75 Å². The number of hydrogen-bond acceptors (Lipinski definition) is 3. The van der Waals surface area contributed by atoms with Crippen molar-refractivity contribution in [3.05, 3.63) is 29.8 Å². The molecule has 0 aliphatic heterocycles. The molecule has 0 fully saturated rings. The summed E-state index contributed by atoms with van der Waals surface area (Å²) in [5.74, 6) is 0.333. The van der Waals surface area contributed by atoms with Crippen molar-refractivity contribution in [2.45, 2.75) is 33.1 Å². The van der Waals surface area contributed by atoms with Gasteiger partial charge in [-0.15, -0.1) is 0 Å². The Morgan fingerprint density at radius 2 is 1.95 bits per heavy atom. The highest BCUT2D eigenvalue weighted by Crippen LogP contribution is 2.28. The summed E-state index contributed by atoms with van der Waals surface area (Å²) < 4.78 is 5.06. The Hall–Kier alpha value is -1.06. The third-order valence-electron chi connectivity index (χ3n) is 3.46. The number of ether oxygens (including phenoxy) is 1. The molecular weight excluding hydrogens is 238 g/mol. The molecule has 108 valence electrons. The summed E-state index contributed by atoms with van der Waals surface area (Å²) in [5.41, 5.74) is 1.53. The van der Waals surface area contributed by atoms with E-state index in [4.69, 9.17) is 4.74 Å². The van der Waals surface area contributed by atoms with E-state index in [1.165, 1.54) is 18.4 Å². The van der Waals surface area contributed by atoms with Crippen LogP contribution in [-0.2, 0) is 11.2 Å². The predicted molar refractivity (Wildman–Crippen MR) is 79.6 cm³/mol. The lowest BCUT2D eigenvalue weighted by Gasteiger charge is -2.30. The van der Waals surface area contributed by atoms with Crippen LogP contribution in [-0.4, -0.2) is 31.9 Å². The molecule has 1 rings (SSSR count). The molecule has 3 heteroatoms. The Labute approximate surface area is 117 Å². The molecular formula is C16H27NO2. The first kappa shape index (κ1) is 16.0. The summed E-state index contributed by atoms with van der Waals surface area (Å²) >= 11 is 0. The Morgan fingerprint density at radius 1 is 1.26 bits per heavy atom. The maximum absolute atomic E-state index is 9.33. The molecule has 2 N–H and O–H groups in total. The second-order valence-corrected chi connectivity index (χ2v) is 5.57. The Bertz CT molecular complexity index is 350. The van der Waals surface area contributed by atoms with Crippen LogP contribution < -0.4 is 5.32 Å². The first-order chi connectivity index (χ1) is 9.09. The van der Waals surface area contributed by atoms with E-state index < -0.39 is 0 Å². The van der Waals surface area contributed by atoms with Gasteiger partial charge in [0.05, 0.1) is 6.61 Å². The minimum atomic E-state index is 0.249. The molecule has 0 spiro atoms. The van der Waals surface area contributed by atoms with Crippen molar-refractivity contribution in [3.63, 3.8) is 0 Å². The van der Waals surface area contributed by atoms with Gasteiger partial charge in [0, 0.05) is 20.2 Å². The summed E-state index contributed by atoms with van der Waals surface area (Å²) in [6.45, 7) is 7.19. The number of hydrogen-bond donors (Lipinski definition) is 2. The van der Waals surface area contributed by atoms with Crippen LogP contribution in [0.5, 0.6) is 5.75 Å². The van der Waals surface area contributed by atoms with Gasteiger partial charge in [0.15, 0.2) is 0 Å². The first-order valence-electron chi connectivity index (χ1n) is 7.07. The minimum absolute atomic E-state index is 0.249. The monoisotopic (exact) mass is 265 g/mol. The van der Waals surface area contributed by atoms with E-state index in [0.29, 0.717) is 5.75 Å². The molecule has 0 aromatic heterocycles. The topological polar surface area (TPSA) is 41.5 Å². The summed E-state index contributed by atoms with van der Waals surface area (Å²) in [5, 5.41) is 12.8. The maximum atomic E-state index is 9.33. The van der Waals surface area contributed by atoms with Gasteiger partial charge in [-0.1, -0.05) is 32.4 Å². The van der Waals surface area contributed by atoms with Gasteiger partial charge in [-0.25, -0.2) is 0 Å². The van der Waals surface area contributed by atoms with E-state index in [9.17, 15) is 5.11 Å². The normalized spacial score (nSPS) is 14.3. The van der Waals surface area contributed by atoms with Crippen LogP contribution in [0.25, 0.3) is 0 Å². The number of rotatable bonds is 9. The van der Waals surface area contributed by atoms with E-state index in [1.54, 1.807) is 19.2 Å². The zero-order valence-corrected chi connectivity index (χ0v) is 12.4. The summed E-state index contributed by atoms with van der Waals surface area (Å²) in [4.78, 5) is 0. The number of benzene rings is 1. The molecule has 1 aromatic carbocycles. The molecule has 3 nitrogen and oxygen atoms in total. The van der Waals surface area contributed by atoms with E-state index in [0.717, 1.165) is 26.1 Å². The highest BCUT2D eigenvalue weighted by molar-refractivity contribution is 5.26. The molecule has 1 atom stereocenters. The van der Waals surface area contributed by atoms with Crippen LogP contribution in [0.3, 0.4) is 0 Å². The quantitative estimate of drug-likeness (QED) is 0.674. The number of aromatic hydroxyl groups is 1. The second-order valence-electron chi connectivity index (χ2n) is 5.57. The van der Waals surface area contributed by atoms with Gasteiger partial charge in [0.1, 0.15) is 5.75 Å². The van der Waals surface area contributed by atoms with E-state index >= 15 is 0 Å². The van der Waals surface area contributed by atoms with Gasteiger partial charge in [0.25, 0.3) is 0 Å². The van der Waals surface area contributed by atoms with Crippen molar-refractivity contribution in [1.29, 1.82) is 0 Å². The summed E-state index contributed by atoms with van der Waals surface area (Å²) in [7, 11) is 1.73. The highest BCUT2D eigenvalue weighted by Gasteiger charge is 2.23. The minimum Gasteiger partial charge on any atom is -0.508 e. The van der Waals surface area contributed by atoms with Gasteiger partial charge in [-0.05, 0) is 36.0 Å². The van der Waals surface area contributed by atoms with Crippen molar-refractivity contribution < 1.29 is 9.84 Å². The molecule has 0 aliphatic rings. The van der Waals surface area contributed by atoms with E-state index in [1.807, 2.05) is 12.1 Å². The van der Waals surface area contributed by atoms with Crippen molar-refractivity contribution in [1.82, 2.24) is 5.32 Å². The van der Waals surface area contributed by atoms with Crippen molar-refractivity contribution >= 4 is 0 Å². The summed E-state index contributed by atoms with van der Waals surface area (Å²) in [6, 6.07) is 7.55. The van der Waals surface area contributed by atoms with Crippen LogP contribution in [0.15, 0.2) is 24.3 Å². The van der Waals surface area contributed by atoms with Gasteiger partial charge in [-0.3, -0.25) is 0 Å². The SMILES string of the molecule is CCCC(C)(CNCCOC)Cc1ccc(O)cc1. The van der Waals surface area contributed by atoms with E-state index in [-0.39, 0.29) is 5.41 Å². The summed E-state index contributed by atoms with van der Waals surface area (Å²) in [6.07, 6.45) is 3.40. The Kier molecular flexibility index (Phi) is 6.89. The molecule has 1 aromatic rings. The lowest BCUT2D eigenvalue weighted by atomic mass is 9.79. The van der Waals surface area contributed by atoms with Crippen LogP contribution in [0.4, 0.5) is 0 Å². The third-order valence-corrected chi connectivity index (χ3v) is 3.46. The van der Waals surface area contributed by atoms with Gasteiger partial charge < -0.3 is 15.2 Å².